The smallest absolute Gasteiger partial charge is 0.238 e. The number of hydrogen-bond acceptors (Lipinski definition) is 3. The number of rotatable bonds is 5. The van der Waals surface area contributed by atoms with Crippen molar-refractivity contribution in [3.63, 3.8) is 0 Å². The highest BCUT2D eigenvalue weighted by Crippen LogP contribution is 2.15. The Kier molecular flexibility index (Phi) is 4.47. The van der Waals surface area contributed by atoms with E-state index in [-0.39, 0.29) is 18.1 Å². The van der Waals surface area contributed by atoms with Gasteiger partial charge in [-0.2, -0.15) is 0 Å². The number of aromatic amines is 1. The zero-order valence-corrected chi connectivity index (χ0v) is 11.5. The molecule has 0 radical (unpaired) electrons. The molecule has 0 aliphatic rings. The standard InChI is InChI=1S/C14H17FN4O/c1-10-3-4-11(15)12(7-10)18-14(20)9-19(2)8-13-16-5-6-17-13/h3-7H,8-9H2,1-2H3,(H,16,17)(H,18,20). The van der Waals surface area contributed by atoms with Crippen molar-refractivity contribution in [2.24, 2.45) is 0 Å². The lowest BCUT2D eigenvalue weighted by Crippen LogP contribution is -2.30. The first-order valence-corrected chi connectivity index (χ1v) is 6.27. The highest BCUT2D eigenvalue weighted by molar-refractivity contribution is 5.92. The maximum absolute atomic E-state index is 13.5. The van der Waals surface area contributed by atoms with E-state index in [0.29, 0.717) is 6.54 Å². The van der Waals surface area contributed by atoms with Crippen molar-refractivity contribution in [1.29, 1.82) is 0 Å². The van der Waals surface area contributed by atoms with Gasteiger partial charge in [-0.3, -0.25) is 9.69 Å². The van der Waals surface area contributed by atoms with Crippen molar-refractivity contribution in [1.82, 2.24) is 14.9 Å². The van der Waals surface area contributed by atoms with E-state index in [9.17, 15) is 9.18 Å². The highest BCUT2D eigenvalue weighted by Gasteiger charge is 2.10. The van der Waals surface area contributed by atoms with Crippen molar-refractivity contribution in [2.45, 2.75) is 13.5 Å². The molecule has 0 aliphatic heterocycles. The Morgan fingerprint density at radius 1 is 1.50 bits per heavy atom. The van der Waals surface area contributed by atoms with E-state index in [2.05, 4.69) is 15.3 Å². The van der Waals surface area contributed by atoms with Crippen LogP contribution in [-0.4, -0.2) is 34.4 Å². The minimum atomic E-state index is -0.433. The summed E-state index contributed by atoms with van der Waals surface area (Å²) in [7, 11) is 1.80. The molecule has 1 amide bonds. The monoisotopic (exact) mass is 276 g/mol. The van der Waals surface area contributed by atoms with E-state index in [1.54, 1.807) is 36.5 Å². The van der Waals surface area contributed by atoms with E-state index >= 15 is 0 Å². The molecule has 5 nitrogen and oxygen atoms in total. The summed E-state index contributed by atoms with van der Waals surface area (Å²) in [5, 5.41) is 2.58. The second kappa shape index (κ2) is 6.29. The lowest BCUT2D eigenvalue weighted by atomic mass is 10.2. The van der Waals surface area contributed by atoms with Crippen molar-refractivity contribution in [2.75, 3.05) is 18.9 Å². The third-order valence-corrected chi connectivity index (χ3v) is 2.78. The Balaban J connectivity index is 1.90. The maximum atomic E-state index is 13.5. The number of likely N-dealkylation sites (N-methyl/N-ethyl adjacent to an activating group) is 1. The summed E-state index contributed by atoms with van der Waals surface area (Å²) < 4.78 is 13.5. The van der Waals surface area contributed by atoms with E-state index in [1.165, 1.54) is 6.07 Å². The van der Waals surface area contributed by atoms with Gasteiger partial charge in [0.05, 0.1) is 18.8 Å². The van der Waals surface area contributed by atoms with Crippen LogP contribution in [0, 0.1) is 12.7 Å². The summed E-state index contributed by atoms with van der Waals surface area (Å²) in [5.41, 5.74) is 1.10. The van der Waals surface area contributed by atoms with Gasteiger partial charge >= 0.3 is 0 Å². The molecule has 20 heavy (non-hydrogen) atoms. The van der Waals surface area contributed by atoms with E-state index in [0.717, 1.165) is 11.4 Å². The Morgan fingerprint density at radius 3 is 3.00 bits per heavy atom. The first-order chi connectivity index (χ1) is 9.54. The number of hydrogen-bond donors (Lipinski definition) is 2. The molecule has 2 rings (SSSR count). The number of H-pyrrole nitrogens is 1. The van der Waals surface area contributed by atoms with Crippen LogP contribution in [0.15, 0.2) is 30.6 Å². The fraction of sp³-hybridized carbons (Fsp3) is 0.286. The molecule has 2 N–H and O–H groups in total. The van der Waals surface area contributed by atoms with Crippen LogP contribution in [0.2, 0.25) is 0 Å². The molecule has 2 aromatic rings. The zero-order valence-electron chi connectivity index (χ0n) is 11.5. The van der Waals surface area contributed by atoms with Gasteiger partial charge in [0.2, 0.25) is 5.91 Å². The fourth-order valence-electron chi connectivity index (χ4n) is 1.87. The number of halogens is 1. The Bertz CT molecular complexity index is 583. The van der Waals surface area contributed by atoms with Crippen LogP contribution in [-0.2, 0) is 11.3 Å². The number of amides is 1. The van der Waals surface area contributed by atoms with Gasteiger partial charge in [-0.25, -0.2) is 9.37 Å². The summed E-state index contributed by atoms with van der Waals surface area (Å²) in [5.74, 6) is 0.0863. The summed E-state index contributed by atoms with van der Waals surface area (Å²) in [6.07, 6.45) is 3.39. The Labute approximate surface area is 116 Å². The molecule has 0 aliphatic carbocycles. The van der Waals surface area contributed by atoms with Gasteiger partial charge in [0, 0.05) is 12.4 Å². The number of nitrogens with one attached hydrogen (secondary N) is 2. The normalized spacial score (nSPS) is 10.8. The van der Waals surface area contributed by atoms with E-state index in [4.69, 9.17) is 0 Å². The van der Waals surface area contributed by atoms with Crippen molar-refractivity contribution < 1.29 is 9.18 Å². The van der Waals surface area contributed by atoms with Crippen molar-refractivity contribution >= 4 is 11.6 Å². The Morgan fingerprint density at radius 2 is 2.30 bits per heavy atom. The van der Waals surface area contributed by atoms with Crippen LogP contribution in [0.3, 0.4) is 0 Å². The van der Waals surface area contributed by atoms with E-state index < -0.39 is 5.82 Å². The van der Waals surface area contributed by atoms with Gasteiger partial charge < -0.3 is 10.3 Å². The third-order valence-electron chi connectivity index (χ3n) is 2.78. The number of imidazole rings is 1. The average molecular weight is 276 g/mol. The molecule has 0 saturated heterocycles. The predicted molar refractivity (Wildman–Crippen MR) is 74.7 cm³/mol. The van der Waals surface area contributed by atoms with Crippen LogP contribution < -0.4 is 5.32 Å². The van der Waals surface area contributed by atoms with Gasteiger partial charge in [-0.15, -0.1) is 0 Å². The van der Waals surface area contributed by atoms with Crippen LogP contribution in [0.25, 0.3) is 0 Å². The van der Waals surface area contributed by atoms with Crippen LogP contribution in [0.4, 0.5) is 10.1 Å². The molecule has 1 aromatic carbocycles. The zero-order chi connectivity index (χ0) is 14.5. The molecule has 0 saturated carbocycles. The van der Waals surface area contributed by atoms with Gasteiger partial charge in [0.1, 0.15) is 11.6 Å². The molecular weight excluding hydrogens is 259 g/mol. The summed E-state index contributed by atoms with van der Waals surface area (Å²) in [4.78, 5) is 20.7. The largest absolute Gasteiger partial charge is 0.348 e. The number of anilines is 1. The molecule has 1 heterocycles. The third kappa shape index (κ3) is 3.89. The molecule has 1 aromatic heterocycles. The summed E-state index contributed by atoms with van der Waals surface area (Å²) in [6, 6.07) is 4.62. The molecule has 0 spiro atoms. The second-order valence-electron chi connectivity index (χ2n) is 4.74. The second-order valence-corrected chi connectivity index (χ2v) is 4.74. The highest BCUT2D eigenvalue weighted by atomic mass is 19.1. The average Bonchev–Trinajstić information content (AvgIpc) is 2.86. The molecule has 6 heteroatoms. The molecule has 0 bridgehead atoms. The summed E-state index contributed by atoms with van der Waals surface area (Å²) >= 11 is 0. The Hall–Kier alpha value is -2.21. The molecule has 0 atom stereocenters. The molecule has 106 valence electrons. The van der Waals surface area contributed by atoms with E-state index in [1.807, 2.05) is 6.92 Å². The first kappa shape index (κ1) is 14.2. The minimum Gasteiger partial charge on any atom is -0.348 e. The summed E-state index contributed by atoms with van der Waals surface area (Å²) in [6.45, 7) is 2.53. The number of carbonyl (C=O) groups excluding carboxylic acids is 1. The fourth-order valence-corrected chi connectivity index (χ4v) is 1.87. The number of aromatic nitrogens is 2. The number of carbonyl (C=O) groups is 1. The molecule has 0 fully saturated rings. The lowest BCUT2D eigenvalue weighted by molar-refractivity contribution is -0.117. The molecular formula is C14H17FN4O. The molecule has 0 unspecified atom stereocenters. The SMILES string of the molecule is Cc1ccc(F)c(NC(=O)CN(C)Cc2ncc[nH]2)c1. The van der Waals surface area contributed by atoms with Crippen molar-refractivity contribution in [3.8, 4) is 0 Å². The van der Waals surface area contributed by atoms with Crippen LogP contribution in [0.1, 0.15) is 11.4 Å². The topological polar surface area (TPSA) is 61.0 Å². The van der Waals surface area contributed by atoms with Crippen molar-refractivity contribution in [3.05, 3.63) is 47.8 Å². The number of benzene rings is 1. The van der Waals surface area contributed by atoms with Gasteiger partial charge in [-0.1, -0.05) is 6.07 Å². The predicted octanol–water partition coefficient (Wildman–Crippen LogP) is 1.93. The number of aryl methyl sites for hydroxylation is 1. The lowest BCUT2D eigenvalue weighted by Gasteiger charge is -2.15. The van der Waals surface area contributed by atoms with Gasteiger partial charge in [-0.05, 0) is 31.7 Å². The maximum Gasteiger partial charge on any atom is 0.238 e. The quantitative estimate of drug-likeness (QED) is 0.877. The van der Waals surface area contributed by atoms with Crippen LogP contribution >= 0.6 is 0 Å². The number of nitrogens with zero attached hydrogens (tertiary/aromatic N) is 2. The minimum absolute atomic E-state index is 0.161. The van der Waals surface area contributed by atoms with Gasteiger partial charge in [0.15, 0.2) is 0 Å². The first-order valence-electron chi connectivity index (χ1n) is 6.27. The van der Waals surface area contributed by atoms with Crippen LogP contribution in [0.5, 0.6) is 0 Å². The van der Waals surface area contributed by atoms with Gasteiger partial charge in [0.25, 0.3) is 0 Å².